The Morgan fingerprint density at radius 3 is 1.78 bits per heavy atom. The molecule has 0 saturated carbocycles. The van der Waals surface area contributed by atoms with Gasteiger partial charge in [0.1, 0.15) is 0 Å². The fourth-order valence-electron chi connectivity index (χ4n) is 7.40. The van der Waals surface area contributed by atoms with Gasteiger partial charge in [0.15, 0.2) is 0 Å². The molecule has 9 rings (SSSR count). The van der Waals surface area contributed by atoms with Crippen LogP contribution in [0.3, 0.4) is 0 Å². The third-order valence-corrected chi connectivity index (χ3v) is 9.63. The summed E-state index contributed by atoms with van der Waals surface area (Å²) in [5.74, 6) is 0. The molecule has 1 aliphatic rings. The maximum Gasteiger partial charge on any atom is 0.0992 e. The number of fused-ring (bicyclic) bond motifs is 6. The molecule has 4 heteroatoms. The van der Waals surface area contributed by atoms with Crippen LogP contribution in [-0.2, 0) is 0 Å². The summed E-state index contributed by atoms with van der Waals surface area (Å²) in [6.07, 6.45) is 9.57. The fraction of sp³-hybridized carbons (Fsp3) is 0.0222. The fourth-order valence-corrected chi connectivity index (χ4v) is 7.40. The van der Waals surface area contributed by atoms with Gasteiger partial charge in [-0.15, -0.1) is 0 Å². The van der Waals surface area contributed by atoms with E-state index in [2.05, 4.69) is 155 Å². The van der Waals surface area contributed by atoms with Crippen LogP contribution in [0.15, 0.2) is 158 Å². The maximum absolute atomic E-state index is 9.93. The summed E-state index contributed by atoms with van der Waals surface area (Å²) in [5, 5.41) is 24.3. The molecule has 0 aliphatic heterocycles. The molecule has 228 valence electrons. The molecule has 1 aliphatic carbocycles. The van der Waals surface area contributed by atoms with E-state index in [0.717, 1.165) is 61.9 Å². The van der Waals surface area contributed by atoms with E-state index >= 15 is 0 Å². The van der Waals surface area contributed by atoms with Gasteiger partial charge in [-0.25, -0.2) is 0 Å². The molecule has 49 heavy (non-hydrogen) atoms. The number of hydrogen-bond acceptors (Lipinski definition) is 2. The van der Waals surface area contributed by atoms with E-state index < -0.39 is 0 Å². The minimum Gasteiger partial charge on any atom is -0.309 e. The number of rotatable bonds is 4. The lowest BCUT2D eigenvalue weighted by atomic mass is 9.95. The van der Waals surface area contributed by atoms with Gasteiger partial charge in [-0.05, 0) is 83.8 Å². The van der Waals surface area contributed by atoms with E-state index in [4.69, 9.17) is 0 Å². The average molecular weight is 625 g/mol. The zero-order valence-electron chi connectivity index (χ0n) is 26.5. The smallest absolute Gasteiger partial charge is 0.0992 e. The first kappa shape index (κ1) is 28.4. The highest BCUT2D eigenvalue weighted by molar-refractivity contribution is 6.11. The van der Waals surface area contributed by atoms with E-state index in [9.17, 15) is 10.5 Å². The van der Waals surface area contributed by atoms with Crippen LogP contribution in [0.25, 0.3) is 71.7 Å². The molecule has 0 N–H and O–H groups in total. The number of aromatic nitrogens is 2. The normalized spacial score (nSPS) is 12.9. The Morgan fingerprint density at radius 2 is 1.08 bits per heavy atom. The van der Waals surface area contributed by atoms with E-state index in [-0.39, 0.29) is 0 Å². The molecule has 0 fully saturated rings. The molecule has 0 atom stereocenters. The van der Waals surface area contributed by atoms with E-state index in [1.54, 1.807) is 0 Å². The monoisotopic (exact) mass is 624 g/mol. The SMILES string of the molecule is N#Cc1ccc(-c2cccc(C3=CC=C(n4c5ccccc5c5ccc(C#N)cc54)C=CC3)c2)c(-n2c3ccccc3c3ccccc32)c1. The van der Waals surface area contributed by atoms with Crippen molar-refractivity contribution in [2.45, 2.75) is 6.42 Å². The van der Waals surface area contributed by atoms with Crippen molar-refractivity contribution in [2.24, 2.45) is 0 Å². The first-order valence-corrected chi connectivity index (χ1v) is 16.4. The quantitative estimate of drug-likeness (QED) is 0.196. The van der Waals surface area contributed by atoms with Gasteiger partial charge in [-0.3, -0.25) is 0 Å². The predicted octanol–water partition coefficient (Wildman–Crippen LogP) is 11.2. The van der Waals surface area contributed by atoms with Crippen molar-refractivity contribution >= 4 is 54.9 Å². The minimum absolute atomic E-state index is 0.623. The van der Waals surface area contributed by atoms with Crippen molar-refractivity contribution in [3.8, 4) is 29.0 Å². The molecule has 4 nitrogen and oxygen atoms in total. The minimum atomic E-state index is 0.623. The topological polar surface area (TPSA) is 57.4 Å². The van der Waals surface area contributed by atoms with Crippen molar-refractivity contribution in [3.05, 3.63) is 174 Å². The summed E-state index contributed by atoms with van der Waals surface area (Å²) in [6.45, 7) is 0. The Bertz CT molecular complexity index is 2770. The standard InChI is InChI=1S/C45H28N4/c46-28-30-19-23-36(44(25-30)49-42-17-5-2-13-37(42)38-14-3-6-18-43(38)49)34-11-7-10-33(27-34)32-9-8-12-35(22-21-32)48-41-16-4-1-15-39(41)40-24-20-31(29-47)26-45(40)48/h1-8,10-27H,9H2. The molecule has 0 amide bonds. The van der Waals surface area contributed by atoms with Crippen LogP contribution in [0.5, 0.6) is 0 Å². The highest BCUT2D eigenvalue weighted by atomic mass is 15.0. The van der Waals surface area contributed by atoms with Gasteiger partial charge >= 0.3 is 0 Å². The molecular weight excluding hydrogens is 597 g/mol. The summed E-state index contributed by atoms with van der Waals surface area (Å²) in [4.78, 5) is 0. The first-order chi connectivity index (χ1) is 24.2. The number of benzene rings is 6. The summed E-state index contributed by atoms with van der Waals surface area (Å²) >= 11 is 0. The summed E-state index contributed by atoms with van der Waals surface area (Å²) in [6, 6.07) is 50.6. The zero-order chi connectivity index (χ0) is 32.9. The molecular formula is C45H28N4. The molecule has 0 spiro atoms. The van der Waals surface area contributed by atoms with Crippen molar-refractivity contribution in [3.63, 3.8) is 0 Å². The third-order valence-electron chi connectivity index (χ3n) is 9.63. The van der Waals surface area contributed by atoms with Crippen LogP contribution in [-0.4, -0.2) is 9.13 Å². The highest BCUT2D eigenvalue weighted by Gasteiger charge is 2.18. The summed E-state index contributed by atoms with van der Waals surface area (Å²) in [7, 11) is 0. The zero-order valence-corrected chi connectivity index (χ0v) is 26.5. The number of nitriles is 2. The van der Waals surface area contributed by atoms with Gasteiger partial charge in [0.05, 0.1) is 51.0 Å². The molecule has 2 heterocycles. The molecule has 6 aromatic carbocycles. The van der Waals surface area contributed by atoms with Crippen molar-refractivity contribution in [1.29, 1.82) is 10.5 Å². The van der Waals surface area contributed by atoms with Gasteiger partial charge < -0.3 is 9.13 Å². The van der Waals surface area contributed by atoms with Crippen LogP contribution in [0, 0.1) is 22.7 Å². The molecule has 0 radical (unpaired) electrons. The third kappa shape index (κ3) is 4.59. The lowest BCUT2D eigenvalue weighted by Crippen LogP contribution is -1.98. The van der Waals surface area contributed by atoms with E-state index in [0.29, 0.717) is 11.1 Å². The lowest BCUT2D eigenvalue weighted by molar-refractivity contribution is 1.18. The van der Waals surface area contributed by atoms with Crippen molar-refractivity contribution in [2.75, 3.05) is 0 Å². The van der Waals surface area contributed by atoms with E-state index in [1.807, 2.05) is 24.3 Å². The Morgan fingerprint density at radius 1 is 0.490 bits per heavy atom. The number of nitrogens with zero attached hydrogens (tertiary/aromatic N) is 4. The molecule has 2 aromatic heterocycles. The second-order valence-corrected chi connectivity index (χ2v) is 12.4. The van der Waals surface area contributed by atoms with Crippen LogP contribution in [0.1, 0.15) is 23.1 Å². The van der Waals surface area contributed by atoms with Gasteiger partial charge in [-0.1, -0.05) is 97.1 Å². The van der Waals surface area contributed by atoms with Gasteiger partial charge in [0.25, 0.3) is 0 Å². The predicted molar refractivity (Wildman–Crippen MR) is 201 cm³/mol. The lowest BCUT2D eigenvalue weighted by Gasteiger charge is -2.16. The number of para-hydroxylation sites is 3. The summed E-state index contributed by atoms with van der Waals surface area (Å²) < 4.78 is 4.55. The molecule has 0 saturated heterocycles. The van der Waals surface area contributed by atoms with Crippen LogP contribution in [0.4, 0.5) is 0 Å². The Labute approximate surface area is 283 Å². The van der Waals surface area contributed by atoms with Crippen molar-refractivity contribution in [1.82, 2.24) is 9.13 Å². The Balaban J connectivity index is 1.18. The second kappa shape index (κ2) is 11.4. The molecule has 8 aromatic rings. The van der Waals surface area contributed by atoms with Crippen molar-refractivity contribution < 1.29 is 0 Å². The number of allylic oxidation sites excluding steroid dienone is 6. The highest BCUT2D eigenvalue weighted by Crippen LogP contribution is 2.38. The van der Waals surface area contributed by atoms with Gasteiger partial charge in [0.2, 0.25) is 0 Å². The second-order valence-electron chi connectivity index (χ2n) is 12.4. The Hall–Kier alpha value is -6.88. The Kier molecular flexibility index (Phi) is 6.61. The van der Waals surface area contributed by atoms with Crippen LogP contribution < -0.4 is 0 Å². The number of hydrogen-bond donors (Lipinski definition) is 0. The first-order valence-electron chi connectivity index (χ1n) is 16.4. The van der Waals surface area contributed by atoms with Crippen LogP contribution in [0.2, 0.25) is 0 Å². The average Bonchev–Trinajstić information content (AvgIpc) is 3.55. The molecule has 0 bridgehead atoms. The van der Waals surface area contributed by atoms with Gasteiger partial charge in [0, 0.05) is 32.8 Å². The van der Waals surface area contributed by atoms with E-state index in [1.165, 1.54) is 21.7 Å². The maximum atomic E-state index is 9.93. The molecule has 0 unspecified atom stereocenters. The largest absolute Gasteiger partial charge is 0.309 e. The van der Waals surface area contributed by atoms with Crippen LogP contribution >= 0.6 is 0 Å². The summed E-state index contributed by atoms with van der Waals surface area (Å²) in [5.41, 5.74) is 12.1. The van der Waals surface area contributed by atoms with Gasteiger partial charge in [-0.2, -0.15) is 10.5 Å².